The summed E-state index contributed by atoms with van der Waals surface area (Å²) in [5, 5.41) is 8.75. The molecule has 3 N–H and O–H groups in total. The lowest BCUT2D eigenvalue weighted by molar-refractivity contribution is -0.138. The summed E-state index contributed by atoms with van der Waals surface area (Å²) in [7, 11) is 1.89. The van der Waals surface area contributed by atoms with Crippen molar-refractivity contribution in [2.24, 2.45) is 12.8 Å². The van der Waals surface area contributed by atoms with Crippen LogP contribution in [0.4, 0.5) is 0 Å². The second kappa shape index (κ2) is 4.25. The van der Waals surface area contributed by atoms with Gasteiger partial charge in [0.2, 0.25) is 0 Å². The molecule has 0 aliphatic rings. The maximum atomic E-state index is 10.7. The molecule has 0 aromatic carbocycles. The summed E-state index contributed by atoms with van der Waals surface area (Å²) in [5.74, 6) is -0.0569. The fourth-order valence-corrected chi connectivity index (χ4v) is 1.64. The number of hydrogen-bond donors (Lipinski definition) is 2. The van der Waals surface area contributed by atoms with E-state index in [-0.39, 0.29) is 5.41 Å². The molecule has 0 spiro atoms. The number of nitrogens with two attached hydrogens (primary N) is 1. The first kappa shape index (κ1) is 12.7. The number of hydrogen-bond acceptors (Lipinski definition) is 3. The van der Waals surface area contributed by atoms with E-state index in [1.165, 1.54) is 0 Å². The largest absolute Gasteiger partial charge is 0.480 e. The van der Waals surface area contributed by atoms with Crippen molar-refractivity contribution in [3.8, 4) is 0 Å². The van der Waals surface area contributed by atoms with Gasteiger partial charge in [-0.3, -0.25) is 4.79 Å². The number of carboxylic acid groups (broad SMARTS) is 1. The number of carboxylic acids is 1. The van der Waals surface area contributed by atoms with E-state index in [4.69, 9.17) is 10.8 Å². The lowest BCUT2D eigenvalue weighted by Crippen LogP contribution is -2.33. The summed E-state index contributed by atoms with van der Waals surface area (Å²) in [4.78, 5) is 15.0. The molecule has 0 fully saturated rings. The molecule has 1 aromatic heterocycles. The van der Waals surface area contributed by atoms with E-state index < -0.39 is 12.0 Å². The predicted molar refractivity (Wildman–Crippen MR) is 61.2 cm³/mol. The Bertz CT molecular complexity index is 390. The molecule has 1 aromatic rings. The molecule has 5 heteroatoms. The summed E-state index contributed by atoms with van der Waals surface area (Å²) in [5.41, 5.74) is 6.29. The highest BCUT2D eigenvalue weighted by molar-refractivity contribution is 5.73. The van der Waals surface area contributed by atoms with Gasteiger partial charge in [0.25, 0.3) is 0 Å². The summed E-state index contributed by atoms with van der Waals surface area (Å²) in [6, 6.07) is -0.872. The first-order valence-corrected chi connectivity index (χ1v) is 5.23. The van der Waals surface area contributed by atoms with E-state index in [1.807, 2.05) is 11.6 Å². The Hall–Kier alpha value is -1.36. The Labute approximate surface area is 95.3 Å². The van der Waals surface area contributed by atoms with Crippen molar-refractivity contribution in [2.45, 2.75) is 38.6 Å². The SMILES string of the molecule is Cn1c(CC(N)C(=O)O)cnc1C(C)(C)C. The first-order valence-electron chi connectivity index (χ1n) is 5.23. The minimum Gasteiger partial charge on any atom is -0.480 e. The molecule has 1 atom stereocenters. The van der Waals surface area contributed by atoms with Crippen molar-refractivity contribution in [3.63, 3.8) is 0 Å². The molecule has 0 radical (unpaired) electrons. The number of nitrogens with zero attached hydrogens (tertiary/aromatic N) is 2. The number of aliphatic carboxylic acids is 1. The average molecular weight is 225 g/mol. The smallest absolute Gasteiger partial charge is 0.320 e. The summed E-state index contributed by atoms with van der Waals surface area (Å²) >= 11 is 0. The normalized spacial score (nSPS) is 13.8. The Morgan fingerprint density at radius 1 is 1.62 bits per heavy atom. The van der Waals surface area contributed by atoms with E-state index >= 15 is 0 Å². The molecule has 90 valence electrons. The van der Waals surface area contributed by atoms with Gasteiger partial charge in [0.15, 0.2) is 0 Å². The van der Waals surface area contributed by atoms with E-state index in [0.29, 0.717) is 6.42 Å². The van der Waals surface area contributed by atoms with E-state index in [0.717, 1.165) is 11.5 Å². The van der Waals surface area contributed by atoms with Crippen LogP contribution in [0.5, 0.6) is 0 Å². The number of aromatic nitrogens is 2. The van der Waals surface area contributed by atoms with Gasteiger partial charge >= 0.3 is 5.97 Å². The third kappa shape index (κ3) is 2.61. The van der Waals surface area contributed by atoms with Crippen LogP contribution >= 0.6 is 0 Å². The van der Waals surface area contributed by atoms with Gasteiger partial charge in [-0.2, -0.15) is 0 Å². The molecule has 16 heavy (non-hydrogen) atoms. The Morgan fingerprint density at radius 3 is 2.56 bits per heavy atom. The third-order valence-corrected chi connectivity index (χ3v) is 2.50. The zero-order valence-corrected chi connectivity index (χ0v) is 10.2. The Kier molecular flexibility index (Phi) is 3.38. The fraction of sp³-hybridized carbons (Fsp3) is 0.636. The molecule has 5 nitrogen and oxygen atoms in total. The van der Waals surface area contributed by atoms with Gasteiger partial charge in [-0.1, -0.05) is 20.8 Å². The maximum absolute atomic E-state index is 10.7. The van der Waals surface area contributed by atoms with Gasteiger partial charge in [0, 0.05) is 30.8 Å². The topological polar surface area (TPSA) is 81.1 Å². The van der Waals surface area contributed by atoms with Gasteiger partial charge in [-0.15, -0.1) is 0 Å². The van der Waals surface area contributed by atoms with Crippen LogP contribution < -0.4 is 5.73 Å². The van der Waals surface area contributed by atoms with Crippen LogP contribution in [-0.2, 0) is 23.7 Å². The van der Waals surface area contributed by atoms with Crippen LogP contribution in [0.3, 0.4) is 0 Å². The van der Waals surface area contributed by atoms with E-state index in [2.05, 4.69) is 25.8 Å². The highest BCUT2D eigenvalue weighted by Crippen LogP contribution is 2.21. The van der Waals surface area contributed by atoms with Crippen LogP contribution in [0, 0.1) is 0 Å². The minimum absolute atomic E-state index is 0.0552. The average Bonchev–Trinajstić information content (AvgIpc) is 2.46. The monoisotopic (exact) mass is 225 g/mol. The van der Waals surface area contributed by atoms with Crippen LogP contribution in [0.15, 0.2) is 6.20 Å². The van der Waals surface area contributed by atoms with E-state index in [1.54, 1.807) is 6.20 Å². The lowest BCUT2D eigenvalue weighted by atomic mass is 9.96. The van der Waals surface area contributed by atoms with Crippen molar-refractivity contribution < 1.29 is 9.90 Å². The number of rotatable bonds is 3. The molecule has 1 unspecified atom stereocenters. The standard InChI is InChI=1S/C11H19N3O2/c1-11(2,3)10-13-6-7(14(10)4)5-8(12)9(15)16/h6,8H,5,12H2,1-4H3,(H,15,16). The van der Waals surface area contributed by atoms with Gasteiger partial charge in [0.1, 0.15) is 11.9 Å². The van der Waals surface area contributed by atoms with Crippen LogP contribution in [0.1, 0.15) is 32.3 Å². The van der Waals surface area contributed by atoms with Gasteiger partial charge < -0.3 is 15.4 Å². The number of carbonyl (C=O) groups is 1. The molecule has 0 saturated heterocycles. The van der Waals surface area contributed by atoms with Crippen molar-refractivity contribution in [1.29, 1.82) is 0 Å². The quantitative estimate of drug-likeness (QED) is 0.792. The molecule has 0 saturated carbocycles. The highest BCUT2D eigenvalue weighted by Gasteiger charge is 2.22. The second-order valence-electron chi connectivity index (χ2n) is 5.03. The van der Waals surface area contributed by atoms with Crippen molar-refractivity contribution in [3.05, 3.63) is 17.7 Å². The van der Waals surface area contributed by atoms with Crippen LogP contribution in [0.25, 0.3) is 0 Å². The highest BCUT2D eigenvalue weighted by atomic mass is 16.4. The predicted octanol–water partition coefficient (Wildman–Crippen LogP) is 0.672. The molecule has 1 heterocycles. The lowest BCUT2D eigenvalue weighted by Gasteiger charge is -2.18. The molecular formula is C11H19N3O2. The minimum atomic E-state index is -0.987. The Morgan fingerprint density at radius 2 is 2.19 bits per heavy atom. The summed E-state index contributed by atoms with van der Waals surface area (Å²) in [6.45, 7) is 6.20. The fourth-order valence-electron chi connectivity index (χ4n) is 1.64. The molecular weight excluding hydrogens is 206 g/mol. The van der Waals surface area contributed by atoms with Gasteiger partial charge in [-0.05, 0) is 0 Å². The molecule has 0 aliphatic heterocycles. The summed E-state index contributed by atoms with van der Waals surface area (Å²) in [6.07, 6.45) is 2.00. The molecule has 0 amide bonds. The van der Waals surface area contributed by atoms with Gasteiger partial charge in [-0.25, -0.2) is 4.98 Å². The third-order valence-electron chi connectivity index (χ3n) is 2.50. The molecule has 0 bridgehead atoms. The second-order valence-corrected chi connectivity index (χ2v) is 5.03. The van der Waals surface area contributed by atoms with Crippen molar-refractivity contribution in [2.75, 3.05) is 0 Å². The summed E-state index contributed by atoms with van der Waals surface area (Å²) < 4.78 is 1.92. The Balaban J connectivity index is 2.93. The van der Waals surface area contributed by atoms with Crippen molar-refractivity contribution in [1.82, 2.24) is 9.55 Å². The van der Waals surface area contributed by atoms with Crippen LogP contribution in [0.2, 0.25) is 0 Å². The first-order chi connectivity index (χ1) is 7.23. The number of imidazole rings is 1. The molecule has 0 aliphatic carbocycles. The maximum Gasteiger partial charge on any atom is 0.320 e. The van der Waals surface area contributed by atoms with Gasteiger partial charge in [0.05, 0.1) is 0 Å². The van der Waals surface area contributed by atoms with E-state index in [9.17, 15) is 4.79 Å². The zero-order chi connectivity index (χ0) is 12.5. The van der Waals surface area contributed by atoms with Crippen molar-refractivity contribution >= 4 is 5.97 Å². The zero-order valence-electron chi connectivity index (χ0n) is 10.2. The molecule has 1 rings (SSSR count). The van der Waals surface area contributed by atoms with Crippen LogP contribution in [-0.4, -0.2) is 26.7 Å².